The van der Waals surface area contributed by atoms with Crippen molar-refractivity contribution < 1.29 is 23.1 Å². The highest BCUT2D eigenvalue weighted by Crippen LogP contribution is 2.34. The maximum absolute atomic E-state index is 14.1. The summed E-state index contributed by atoms with van der Waals surface area (Å²) in [6, 6.07) is 21.8. The van der Waals surface area contributed by atoms with E-state index in [2.05, 4.69) is 4.98 Å². The smallest absolute Gasteiger partial charge is 0.393 e. The van der Waals surface area contributed by atoms with Crippen LogP contribution in [0.3, 0.4) is 0 Å². The molecular weight excluding hydrogens is 579 g/mol. The summed E-state index contributed by atoms with van der Waals surface area (Å²) in [5, 5.41) is 10.6. The van der Waals surface area contributed by atoms with E-state index in [0.29, 0.717) is 54.0 Å². The first-order valence-corrected chi connectivity index (χ1v) is 14.8. The third-order valence-electron chi connectivity index (χ3n) is 8.39. The normalized spacial score (nSPS) is 14.2. The van der Waals surface area contributed by atoms with Crippen molar-refractivity contribution in [3.8, 4) is 16.8 Å². The van der Waals surface area contributed by atoms with Crippen LogP contribution in [0.2, 0.25) is 0 Å². The molecule has 1 saturated heterocycles. The summed E-state index contributed by atoms with van der Waals surface area (Å²) in [7, 11) is 0. The molecule has 0 radical (unpaired) electrons. The Morgan fingerprint density at radius 1 is 0.911 bits per heavy atom. The number of rotatable bonds is 6. The molecule has 45 heavy (non-hydrogen) atoms. The standard InChI is InChI=1S/C36H32F3N3O3/c1-22-8-9-24(16-34(44)25-17-27(36(37,38)39)20-29(18-25)41-12-10-30(43)11-13-41)15-31(22)32-19-26-21-40-23(2)14-33(26)42(35(32)45)28-6-4-3-5-7-28/h3-9,14-15,17-21,30,43H,10-13,16H2,1-2H3. The van der Waals surface area contributed by atoms with Crippen LogP contribution in [0.4, 0.5) is 18.9 Å². The predicted molar refractivity (Wildman–Crippen MR) is 169 cm³/mol. The van der Waals surface area contributed by atoms with E-state index in [-0.39, 0.29) is 17.5 Å². The summed E-state index contributed by atoms with van der Waals surface area (Å²) < 4.78 is 43.3. The average Bonchev–Trinajstić information content (AvgIpc) is 3.02. The van der Waals surface area contributed by atoms with Gasteiger partial charge in [-0.1, -0.05) is 36.4 Å². The Balaban J connectivity index is 1.39. The summed E-state index contributed by atoms with van der Waals surface area (Å²) in [5.74, 6) is -0.464. The van der Waals surface area contributed by atoms with Crippen molar-refractivity contribution in [2.75, 3.05) is 18.0 Å². The minimum absolute atomic E-state index is 0.0355. The van der Waals surface area contributed by atoms with Gasteiger partial charge in [-0.15, -0.1) is 0 Å². The maximum atomic E-state index is 14.1. The molecule has 0 amide bonds. The van der Waals surface area contributed by atoms with Crippen molar-refractivity contribution in [1.29, 1.82) is 0 Å². The van der Waals surface area contributed by atoms with Crippen molar-refractivity contribution in [1.82, 2.24) is 9.55 Å². The van der Waals surface area contributed by atoms with Gasteiger partial charge in [-0.25, -0.2) is 0 Å². The Hall–Kier alpha value is -4.76. The molecule has 1 fully saturated rings. The number of Topliss-reactive ketones (excluding diaryl/α,β-unsaturated/α-hetero) is 1. The fourth-order valence-electron chi connectivity index (χ4n) is 5.93. The lowest BCUT2D eigenvalue weighted by molar-refractivity contribution is -0.137. The number of benzene rings is 3. The number of carbonyl (C=O) groups is 1. The molecular formula is C36H32F3N3O3. The predicted octanol–water partition coefficient (Wildman–Crippen LogP) is 7.07. The number of nitrogens with zero attached hydrogens (tertiary/aromatic N) is 3. The van der Waals surface area contributed by atoms with Gasteiger partial charge >= 0.3 is 6.18 Å². The number of carbonyl (C=O) groups excluding carboxylic acids is 1. The zero-order chi connectivity index (χ0) is 31.9. The van der Waals surface area contributed by atoms with E-state index in [1.807, 2.05) is 56.3 Å². The van der Waals surface area contributed by atoms with Crippen LogP contribution < -0.4 is 10.5 Å². The number of ketones is 1. The van der Waals surface area contributed by atoms with Gasteiger partial charge in [0.2, 0.25) is 0 Å². The number of fused-ring (bicyclic) bond motifs is 1. The Morgan fingerprint density at radius 2 is 1.64 bits per heavy atom. The lowest BCUT2D eigenvalue weighted by atomic mass is 9.94. The average molecular weight is 612 g/mol. The summed E-state index contributed by atoms with van der Waals surface area (Å²) in [6.07, 6.45) is -2.63. The number of alkyl halides is 3. The molecule has 0 atom stereocenters. The van der Waals surface area contributed by atoms with Crippen LogP contribution in [-0.2, 0) is 12.6 Å². The molecule has 1 aliphatic rings. The molecule has 230 valence electrons. The lowest BCUT2D eigenvalue weighted by Gasteiger charge is -2.32. The van der Waals surface area contributed by atoms with E-state index >= 15 is 0 Å². The third-order valence-corrected chi connectivity index (χ3v) is 8.39. The van der Waals surface area contributed by atoms with E-state index in [4.69, 9.17) is 0 Å². The Kier molecular flexibility index (Phi) is 8.05. The van der Waals surface area contributed by atoms with Gasteiger partial charge in [0.25, 0.3) is 5.56 Å². The molecule has 6 rings (SSSR count). The number of piperidine rings is 1. The summed E-state index contributed by atoms with van der Waals surface area (Å²) in [5.41, 5.74) is 3.79. The summed E-state index contributed by atoms with van der Waals surface area (Å²) in [4.78, 5) is 33.8. The molecule has 1 N–H and O–H groups in total. The first-order valence-electron chi connectivity index (χ1n) is 14.8. The van der Waals surface area contributed by atoms with Crippen molar-refractivity contribution in [3.05, 3.63) is 123 Å². The van der Waals surface area contributed by atoms with Crippen LogP contribution in [0.15, 0.2) is 89.9 Å². The molecule has 5 aromatic rings. The number of aryl methyl sites for hydroxylation is 2. The quantitative estimate of drug-likeness (QED) is 0.208. The largest absolute Gasteiger partial charge is 0.416 e. The second kappa shape index (κ2) is 12.0. The summed E-state index contributed by atoms with van der Waals surface area (Å²) in [6.45, 7) is 4.54. The van der Waals surface area contributed by atoms with E-state index in [0.717, 1.165) is 34.3 Å². The SMILES string of the molecule is Cc1cc2c(cn1)cc(-c1cc(CC(=O)c3cc(N4CCC(O)CC4)cc(C(F)(F)F)c3)ccc1C)c(=O)n2-c1ccccc1. The van der Waals surface area contributed by atoms with Gasteiger partial charge < -0.3 is 10.0 Å². The number of pyridine rings is 2. The number of hydrogen-bond donors (Lipinski definition) is 1. The Morgan fingerprint density at radius 3 is 2.36 bits per heavy atom. The fourth-order valence-corrected chi connectivity index (χ4v) is 5.93. The monoisotopic (exact) mass is 611 g/mol. The van der Waals surface area contributed by atoms with Crippen LogP contribution in [0.5, 0.6) is 0 Å². The molecule has 0 aliphatic carbocycles. The van der Waals surface area contributed by atoms with Gasteiger partial charge in [-0.05, 0) is 85.8 Å². The van der Waals surface area contributed by atoms with Crippen molar-refractivity contribution >= 4 is 22.4 Å². The highest BCUT2D eigenvalue weighted by molar-refractivity contribution is 5.99. The van der Waals surface area contributed by atoms with E-state index in [1.165, 1.54) is 6.07 Å². The van der Waals surface area contributed by atoms with Gasteiger partial charge in [0.1, 0.15) is 0 Å². The Bertz CT molecular complexity index is 1960. The van der Waals surface area contributed by atoms with Crippen LogP contribution in [-0.4, -0.2) is 39.6 Å². The van der Waals surface area contributed by atoms with Gasteiger partial charge in [0, 0.05) is 59.3 Å². The molecule has 0 bridgehead atoms. The van der Waals surface area contributed by atoms with Crippen LogP contribution in [0.25, 0.3) is 27.7 Å². The molecule has 0 saturated carbocycles. The minimum Gasteiger partial charge on any atom is -0.393 e. The van der Waals surface area contributed by atoms with E-state index in [1.54, 1.807) is 33.9 Å². The topological polar surface area (TPSA) is 75.4 Å². The van der Waals surface area contributed by atoms with Gasteiger partial charge in [-0.2, -0.15) is 13.2 Å². The summed E-state index contributed by atoms with van der Waals surface area (Å²) >= 11 is 0. The van der Waals surface area contributed by atoms with Crippen molar-refractivity contribution in [3.63, 3.8) is 0 Å². The second-order valence-corrected chi connectivity index (χ2v) is 11.7. The van der Waals surface area contributed by atoms with Crippen LogP contribution in [0, 0.1) is 13.8 Å². The highest BCUT2D eigenvalue weighted by Gasteiger charge is 2.33. The number of anilines is 1. The van der Waals surface area contributed by atoms with Gasteiger partial charge in [-0.3, -0.25) is 19.1 Å². The molecule has 3 heterocycles. The van der Waals surface area contributed by atoms with Gasteiger partial charge in [0.05, 0.1) is 17.2 Å². The second-order valence-electron chi connectivity index (χ2n) is 11.7. The molecule has 3 aromatic carbocycles. The van der Waals surface area contributed by atoms with Crippen LogP contribution >= 0.6 is 0 Å². The van der Waals surface area contributed by atoms with Crippen molar-refractivity contribution in [2.24, 2.45) is 0 Å². The number of halogens is 3. The molecule has 0 spiro atoms. The first-order chi connectivity index (χ1) is 21.5. The van der Waals surface area contributed by atoms with Gasteiger partial charge in [0.15, 0.2) is 5.78 Å². The number of hydrogen-bond acceptors (Lipinski definition) is 5. The highest BCUT2D eigenvalue weighted by atomic mass is 19.4. The number of para-hydroxylation sites is 1. The molecule has 6 nitrogen and oxygen atoms in total. The molecule has 1 aliphatic heterocycles. The number of aliphatic hydroxyl groups is 1. The molecule has 9 heteroatoms. The number of aromatic nitrogens is 2. The minimum atomic E-state index is -4.63. The van der Waals surface area contributed by atoms with E-state index < -0.39 is 23.6 Å². The first kappa shape index (κ1) is 30.3. The molecule has 2 aromatic heterocycles. The fraction of sp³-hybridized carbons (Fsp3) is 0.250. The zero-order valence-electron chi connectivity index (χ0n) is 24.9. The third kappa shape index (κ3) is 6.26. The molecule has 0 unspecified atom stereocenters. The zero-order valence-corrected chi connectivity index (χ0v) is 24.9. The maximum Gasteiger partial charge on any atom is 0.416 e. The Labute approximate surface area is 258 Å². The van der Waals surface area contributed by atoms with Crippen LogP contribution in [0.1, 0.15) is 45.6 Å². The number of aliphatic hydroxyl groups excluding tert-OH is 1. The lowest BCUT2D eigenvalue weighted by Crippen LogP contribution is -2.36. The van der Waals surface area contributed by atoms with E-state index in [9.17, 15) is 27.9 Å². The van der Waals surface area contributed by atoms with Crippen molar-refractivity contribution in [2.45, 2.75) is 45.4 Å².